The summed E-state index contributed by atoms with van der Waals surface area (Å²) >= 11 is 0. The fourth-order valence-corrected chi connectivity index (χ4v) is 1.89. The second kappa shape index (κ2) is 4.84. The summed E-state index contributed by atoms with van der Waals surface area (Å²) in [5.74, 6) is 0. The van der Waals surface area contributed by atoms with Crippen LogP contribution in [0.25, 0.3) is 11.1 Å². The van der Waals surface area contributed by atoms with Gasteiger partial charge < -0.3 is 0 Å². The van der Waals surface area contributed by atoms with Crippen LogP contribution in [0.4, 0.5) is 0 Å². The van der Waals surface area contributed by atoms with E-state index in [4.69, 9.17) is 0 Å². The Morgan fingerprint density at radius 2 is 1.72 bits per heavy atom. The van der Waals surface area contributed by atoms with Crippen LogP contribution in [-0.4, -0.2) is 14.8 Å². The van der Waals surface area contributed by atoms with Crippen molar-refractivity contribution in [2.24, 2.45) is 0 Å². The van der Waals surface area contributed by atoms with Gasteiger partial charge in [0.15, 0.2) is 0 Å². The van der Waals surface area contributed by atoms with Crippen LogP contribution in [0.15, 0.2) is 67.1 Å². The van der Waals surface area contributed by atoms with E-state index >= 15 is 0 Å². The molecule has 0 N–H and O–H groups in total. The Morgan fingerprint density at radius 3 is 2.50 bits per heavy atom. The molecule has 0 fully saturated rings. The Labute approximate surface area is 106 Å². The van der Waals surface area contributed by atoms with Crippen molar-refractivity contribution in [3.63, 3.8) is 0 Å². The minimum absolute atomic E-state index is 0.702. The topological polar surface area (TPSA) is 30.7 Å². The van der Waals surface area contributed by atoms with Crippen molar-refractivity contribution < 1.29 is 0 Å². The standard InChI is InChI=1S/C15H13N3/c1-2-6-13(7-3-1)14-10-17-18(11-14)12-15-8-4-5-9-16-15/h1-11H,12H2. The van der Waals surface area contributed by atoms with Gasteiger partial charge >= 0.3 is 0 Å². The van der Waals surface area contributed by atoms with Crippen molar-refractivity contribution in [1.82, 2.24) is 14.8 Å². The maximum atomic E-state index is 4.36. The van der Waals surface area contributed by atoms with Crippen LogP contribution in [0.3, 0.4) is 0 Å². The summed E-state index contributed by atoms with van der Waals surface area (Å²) in [7, 11) is 0. The fraction of sp³-hybridized carbons (Fsp3) is 0.0667. The molecule has 0 radical (unpaired) electrons. The molecule has 0 unspecified atom stereocenters. The van der Waals surface area contributed by atoms with Crippen LogP contribution in [0.5, 0.6) is 0 Å². The van der Waals surface area contributed by atoms with Gasteiger partial charge in [0.2, 0.25) is 0 Å². The molecule has 3 nitrogen and oxygen atoms in total. The third kappa shape index (κ3) is 2.30. The highest BCUT2D eigenvalue weighted by Crippen LogP contribution is 2.17. The molecule has 88 valence electrons. The first-order chi connectivity index (χ1) is 8.92. The molecule has 1 aromatic carbocycles. The number of aromatic nitrogens is 3. The fourth-order valence-electron chi connectivity index (χ4n) is 1.89. The summed E-state index contributed by atoms with van der Waals surface area (Å²) in [6, 6.07) is 16.2. The molecular weight excluding hydrogens is 222 g/mol. The number of hydrogen-bond acceptors (Lipinski definition) is 2. The number of pyridine rings is 1. The van der Waals surface area contributed by atoms with Gasteiger partial charge in [0, 0.05) is 18.0 Å². The monoisotopic (exact) mass is 235 g/mol. The highest BCUT2D eigenvalue weighted by molar-refractivity contribution is 5.61. The van der Waals surface area contributed by atoms with Gasteiger partial charge in [-0.2, -0.15) is 5.10 Å². The van der Waals surface area contributed by atoms with Crippen molar-refractivity contribution in [3.05, 3.63) is 72.8 Å². The van der Waals surface area contributed by atoms with Crippen molar-refractivity contribution in [2.45, 2.75) is 6.54 Å². The lowest BCUT2D eigenvalue weighted by Gasteiger charge is -2.00. The molecule has 0 atom stereocenters. The Morgan fingerprint density at radius 1 is 0.889 bits per heavy atom. The second-order valence-electron chi connectivity index (χ2n) is 4.11. The molecule has 3 heteroatoms. The van der Waals surface area contributed by atoms with Gasteiger partial charge in [-0.15, -0.1) is 0 Å². The van der Waals surface area contributed by atoms with E-state index in [2.05, 4.69) is 22.2 Å². The zero-order valence-corrected chi connectivity index (χ0v) is 9.90. The molecule has 18 heavy (non-hydrogen) atoms. The predicted octanol–water partition coefficient (Wildman–Crippen LogP) is 2.99. The van der Waals surface area contributed by atoms with Crippen LogP contribution < -0.4 is 0 Å². The number of hydrogen-bond donors (Lipinski definition) is 0. The van der Waals surface area contributed by atoms with Crippen LogP contribution in [0.2, 0.25) is 0 Å². The molecular formula is C15H13N3. The molecule has 0 aliphatic carbocycles. The van der Waals surface area contributed by atoms with E-state index < -0.39 is 0 Å². The largest absolute Gasteiger partial charge is 0.266 e. The van der Waals surface area contributed by atoms with Gasteiger partial charge in [-0.25, -0.2) is 0 Å². The zero-order valence-electron chi connectivity index (χ0n) is 9.90. The van der Waals surface area contributed by atoms with E-state index in [1.54, 1.807) is 6.20 Å². The Kier molecular flexibility index (Phi) is 2.88. The molecule has 2 aromatic heterocycles. The van der Waals surface area contributed by atoms with Crippen LogP contribution in [0.1, 0.15) is 5.69 Å². The summed E-state index contributed by atoms with van der Waals surface area (Å²) in [4.78, 5) is 4.30. The van der Waals surface area contributed by atoms with E-state index in [-0.39, 0.29) is 0 Å². The van der Waals surface area contributed by atoms with Crippen molar-refractivity contribution in [1.29, 1.82) is 0 Å². The van der Waals surface area contributed by atoms with Crippen molar-refractivity contribution >= 4 is 0 Å². The molecule has 0 saturated heterocycles. The SMILES string of the molecule is c1ccc(-c2cnn(Cc3ccccn3)c2)cc1. The first kappa shape index (κ1) is 10.7. The van der Waals surface area contributed by atoms with Gasteiger partial charge in [0.05, 0.1) is 18.4 Å². The molecule has 3 aromatic rings. The highest BCUT2D eigenvalue weighted by Gasteiger charge is 2.01. The first-order valence-corrected chi connectivity index (χ1v) is 5.89. The van der Waals surface area contributed by atoms with Crippen LogP contribution in [-0.2, 0) is 6.54 Å². The number of benzene rings is 1. The van der Waals surface area contributed by atoms with Crippen molar-refractivity contribution in [3.8, 4) is 11.1 Å². The average molecular weight is 235 g/mol. The molecule has 0 aliphatic heterocycles. The minimum atomic E-state index is 0.702. The van der Waals surface area contributed by atoms with Gasteiger partial charge in [-0.05, 0) is 17.7 Å². The van der Waals surface area contributed by atoms with Gasteiger partial charge in [-0.1, -0.05) is 36.4 Å². The maximum absolute atomic E-state index is 4.36. The Hall–Kier alpha value is -2.42. The van der Waals surface area contributed by atoms with E-state index in [1.165, 1.54) is 5.56 Å². The number of rotatable bonds is 3. The van der Waals surface area contributed by atoms with E-state index in [9.17, 15) is 0 Å². The third-order valence-electron chi connectivity index (χ3n) is 2.79. The number of nitrogens with zero attached hydrogens (tertiary/aromatic N) is 3. The summed E-state index contributed by atoms with van der Waals surface area (Å²) in [5.41, 5.74) is 3.33. The lowest BCUT2D eigenvalue weighted by molar-refractivity contribution is 0.673. The summed E-state index contributed by atoms with van der Waals surface area (Å²) in [6.45, 7) is 0.702. The quantitative estimate of drug-likeness (QED) is 0.698. The average Bonchev–Trinajstić information content (AvgIpc) is 2.89. The van der Waals surface area contributed by atoms with Crippen LogP contribution in [0, 0.1) is 0 Å². The molecule has 2 heterocycles. The zero-order chi connectivity index (χ0) is 12.2. The summed E-state index contributed by atoms with van der Waals surface area (Å²) in [5, 5.41) is 4.36. The van der Waals surface area contributed by atoms with E-state index in [0.29, 0.717) is 6.54 Å². The molecule has 0 spiro atoms. The Bertz CT molecular complexity index is 615. The third-order valence-corrected chi connectivity index (χ3v) is 2.79. The molecule has 0 bridgehead atoms. The highest BCUT2D eigenvalue weighted by atomic mass is 15.3. The molecule has 0 saturated carbocycles. The Balaban J connectivity index is 1.82. The first-order valence-electron chi connectivity index (χ1n) is 5.89. The lowest BCUT2D eigenvalue weighted by atomic mass is 10.1. The van der Waals surface area contributed by atoms with Gasteiger partial charge in [0.25, 0.3) is 0 Å². The van der Waals surface area contributed by atoms with Crippen molar-refractivity contribution in [2.75, 3.05) is 0 Å². The summed E-state index contributed by atoms with van der Waals surface area (Å²) in [6.07, 6.45) is 5.74. The maximum Gasteiger partial charge on any atom is 0.0831 e. The second-order valence-corrected chi connectivity index (χ2v) is 4.11. The summed E-state index contributed by atoms with van der Waals surface area (Å²) < 4.78 is 1.91. The van der Waals surface area contributed by atoms with Gasteiger partial charge in [0.1, 0.15) is 0 Å². The smallest absolute Gasteiger partial charge is 0.0831 e. The van der Waals surface area contributed by atoms with Gasteiger partial charge in [-0.3, -0.25) is 9.67 Å². The molecule has 3 rings (SSSR count). The lowest BCUT2D eigenvalue weighted by Crippen LogP contribution is -2.01. The van der Waals surface area contributed by atoms with E-state index in [1.807, 2.05) is 53.5 Å². The van der Waals surface area contributed by atoms with Crippen LogP contribution >= 0.6 is 0 Å². The minimum Gasteiger partial charge on any atom is -0.266 e. The molecule has 0 aliphatic rings. The van der Waals surface area contributed by atoms with E-state index in [0.717, 1.165) is 11.3 Å². The normalized spacial score (nSPS) is 10.4. The predicted molar refractivity (Wildman–Crippen MR) is 71.0 cm³/mol. The molecule has 0 amide bonds.